The van der Waals surface area contributed by atoms with E-state index in [1.165, 1.54) is 4.90 Å². The summed E-state index contributed by atoms with van der Waals surface area (Å²) in [5, 5.41) is 0. The van der Waals surface area contributed by atoms with Crippen LogP contribution in [0.2, 0.25) is 0 Å². The summed E-state index contributed by atoms with van der Waals surface area (Å²) in [6.45, 7) is 6.65. The average molecular weight is 405 g/mol. The second-order valence-corrected chi connectivity index (χ2v) is 7.56. The lowest BCUT2D eigenvalue weighted by Gasteiger charge is -2.36. The fraction of sp³-hybridized carbons (Fsp3) is 0.333. The lowest BCUT2D eigenvalue weighted by molar-refractivity contribution is -0.138. The third-order valence-electron chi connectivity index (χ3n) is 5.84. The zero-order valence-electron chi connectivity index (χ0n) is 17.5. The molecule has 2 amide bonds. The quantitative estimate of drug-likeness (QED) is 0.692. The summed E-state index contributed by atoms with van der Waals surface area (Å²) < 4.78 is 5.25. The molecule has 0 radical (unpaired) electrons. The molecule has 0 aliphatic carbocycles. The van der Waals surface area contributed by atoms with Gasteiger partial charge in [-0.3, -0.25) is 14.5 Å². The maximum absolute atomic E-state index is 13.4. The molecular formula is C24H27N3O3. The van der Waals surface area contributed by atoms with E-state index in [4.69, 9.17) is 4.74 Å². The smallest absolute Gasteiger partial charge is 0.278 e. The molecule has 0 unspecified atom stereocenters. The van der Waals surface area contributed by atoms with E-state index < -0.39 is 0 Å². The van der Waals surface area contributed by atoms with Crippen LogP contribution in [0, 0.1) is 0 Å². The Kier molecular flexibility index (Phi) is 5.86. The van der Waals surface area contributed by atoms with Crippen molar-refractivity contribution in [3.05, 3.63) is 71.4 Å². The molecule has 6 heteroatoms. The van der Waals surface area contributed by atoms with Gasteiger partial charge in [0.2, 0.25) is 0 Å². The molecule has 2 aliphatic heterocycles. The van der Waals surface area contributed by atoms with Gasteiger partial charge in [0.25, 0.3) is 11.8 Å². The van der Waals surface area contributed by atoms with Crippen molar-refractivity contribution >= 4 is 17.4 Å². The van der Waals surface area contributed by atoms with Gasteiger partial charge >= 0.3 is 0 Å². The Bertz CT molecular complexity index is 945. The summed E-state index contributed by atoms with van der Waals surface area (Å²) in [6, 6.07) is 17.0. The van der Waals surface area contributed by atoms with Crippen LogP contribution >= 0.6 is 0 Å². The molecule has 2 aromatic rings. The van der Waals surface area contributed by atoms with Gasteiger partial charge < -0.3 is 14.5 Å². The van der Waals surface area contributed by atoms with E-state index in [1.807, 2.05) is 54.6 Å². The highest BCUT2D eigenvalue weighted by Gasteiger charge is 2.42. The summed E-state index contributed by atoms with van der Waals surface area (Å²) in [7, 11) is 1.61. The average Bonchev–Trinajstić information content (AvgIpc) is 3.04. The predicted molar refractivity (Wildman–Crippen MR) is 116 cm³/mol. The molecule has 156 valence electrons. The number of methoxy groups -OCH3 is 1. The first-order valence-corrected chi connectivity index (χ1v) is 10.4. The second kappa shape index (κ2) is 8.71. The Morgan fingerprint density at radius 1 is 0.867 bits per heavy atom. The van der Waals surface area contributed by atoms with Crippen LogP contribution in [0.5, 0.6) is 5.75 Å². The molecule has 0 bridgehead atoms. The van der Waals surface area contributed by atoms with Crippen molar-refractivity contribution < 1.29 is 14.3 Å². The van der Waals surface area contributed by atoms with Crippen LogP contribution in [0.15, 0.2) is 60.3 Å². The molecule has 0 saturated carbocycles. The zero-order chi connectivity index (χ0) is 21.1. The lowest BCUT2D eigenvalue weighted by Crippen LogP contribution is -2.47. The van der Waals surface area contributed by atoms with Gasteiger partial charge in [-0.2, -0.15) is 0 Å². The standard InChI is InChI=1S/C24H27N3O3/c1-3-25-13-15-26(16-14-25)22-21(19-9-11-20(30-2)12-10-19)23(28)27(24(22)29)17-18-7-5-4-6-8-18/h4-12H,3,13-17H2,1-2H3. The molecular weight excluding hydrogens is 378 g/mol. The number of benzene rings is 2. The van der Waals surface area contributed by atoms with Gasteiger partial charge in [0, 0.05) is 26.2 Å². The van der Waals surface area contributed by atoms with E-state index in [-0.39, 0.29) is 18.4 Å². The number of rotatable bonds is 6. The van der Waals surface area contributed by atoms with Crippen LogP contribution in [0.3, 0.4) is 0 Å². The SMILES string of the molecule is CCN1CCN(C2=C(c3ccc(OC)cc3)C(=O)N(Cc3ccccc3)C2=O)CC1. The first-order valence-electron chi connectivity index (χ1n) is 10.4. The second-order valence-electron chi connectivity index (χ2n) is 7.56. The topological polar surface area (TPSA) is 53.1 Å². The number of ether oxygens (including phenoxy) is 1. The fourth-order valence-electron chi connectivity index (χ4n) is 4.07. The predicted octanol–water partition coefficient (Wildman–Crippen LogP) is 2.61. The monoisotopic (exact) mass is 405 g/mol. The van der Waals surface area contributed by atoms with Gasteiger partial charge in [-0.15, -0.1) is 0 Å². The number of imide groups is 1. The van der Waals surface area contributed by atoms with E-state index >= 15 is 0 Å². The number of amides is 2. The van der Waals surface area contributed by atoms with E-state index in [2.05, 4.69) is 16.7 Å². The van der Waals surface area contributed by atoms with Crippen molar-refractivity contribution in [3.8, 4) is 5.75 Å². The van der Waals surface area contributed by atoms with Gasteiger partial charge in [0.1, 0.15) is 11.4 Å². The molecule has 0 aromatic heterocycles. The molecule has 2 heterocycles. The Labute approximate surface area is 177 Å². The van der Waals surface area contributed by atoms with Crippen LogP contribution in [0.25, 0.3) is 5.57 Å². The molecule has 1 saturated heterocycles. The summed E-state index contributed by atoms with van der Waals surface area (Å²) >= 11 is 0. The van der Waals surface area contributed by atoms with E-state index in [9.17, 15) is 9.59 Å². The number of carbonyl (C=O) groups is 2. The minimum absolute atomic E-state index is 0.209. The third kappa shape index (κ3) is 3.83. The van der Waals surface area contributed by atoms with Crippen molar-refractivity contribution in [3.63, 3.8) is 0 Å². The Morgan fingerprint density at radius 3 is 2.13 bits per heavy atom. The molecule has 0 spiro atoms. The maximum Gasteiger partial charge on any atom is 0.278 e. The van der Waals surface area contributed by atoms with Crippen LogP contribution < -0.4 is 4.74 Å². The zero-order valence-corrected chi connectivity index (χ0v) is 17.5. The van der Waals surface area contributed by atoms with Crippen LogP contribution in [-0.2, 0) is 16.1 Å². The highest BCUT2D eigenvalue weighted by molar-refractivity contribution is 6.35. The van der Waals surface area contributed by atoms with Crippen LogP contribution in [-0.4, -0.2) is 66.3 Å². The van der Waals surface area contributed by atoms with Gasteiger partial charge in [-0.25, -0.2) is 0 Å². The van der Waals surface area contributed by atoms with Gasteiger partial charge in [-0.05, 0) is 29.8 Å². The minimum atomic E-state index is -0.234. The maximum atomic E-state index is 13.4. The van der Waals surface area contributed by atoms with Crippen LogP contribution in [0.4, 0.5) is 0 Å². The highest BCUT2D eigenvalue weighted by atomic mass is 16.5. The molecule has 2 aliphatic rings. The molecule has 30 heavy (non-hydrogen) atoms. The van der Waals surface area contributed by atoms with Gasteiger partial charge in [-0.1, -0.05) is 49.4 Å². The van der Waals surface area contributed by atoms with Crippen molar-refractivity contribution in [2.45, 2.75) is 13.5 Å². The first-order chi connectivity index (χ1) is 14.6. The Balaban J connectivity index is 1.70. The number of hydrogen-bond acceptors (Lipinski definition) is 5. The van der Waals surface area contributed by atoms with E-state index in [0.29, 0.717) is 11.3 Å². The Hall–Kier alpha value is -3.12. The van der Waals surface area contributed by atoms with Gasteiger partial charge in [0.05, 0.1) is 19.2 Å². The van der Waals surface area contributed by atoms with Crippen molar-refractivity contribution in [1.82, 2.24) is 14.7 Å². The summed E-state index contributed by atoms with van der Waals surface area (Å²) in [5.41, 5.74) is 2.70. The molecule has 2 aromatic carbocycles. The number of nitrogens with zero attached hydrogens (tertiary/aromatic N) is 3. The van der Waals surface area contributed by atoms with Crippen molar-refractivity contribution in [2.24, 2.45) is 0 Å². The van der Waals surface area contributed by atoms with Crippen LogP contribution in [0.1, 0.15) is 18.1 Å². The largest absolute Gasteiger partial charge is 0.497 e. The summed E-state index contributed by atoms with van der Waals surface area (Å²) in [6.07, 6.45) is 0. The minimum Gasteiger partial charge on any atom is -0.497 e. The first kappa shape index (κ1) is 20.2. The van der Waals surface area contributed by atoms with E-state index in [0.717, 1.165) is 49.6 Å². The van der Waals surface area contributed by atoms with Crippen molar-refractivity contribution in [2.75, 3.05) is 39.8 Å². The van der Waals surface area contributed by atoms with E-state index in [1.54, 1.807) is 7.11 Å². The molecule has 6 nitrogen and oxygen atoms in total. The van der Waals surface area contributed by atoms with Gasteiger partial charge in [0.15, 0.2) is 0 Å². The highest BCUT2D eigenvalue weighted by Crippen LogP contribution is 2.33. The molecule has 0 atom stereocenters. The molecule has 0 N–H and O–H groups in total. The van der Waals surface area contributed by atoms with Crippen molar-refractivity contribution in [1.29, 1.82) is 0 Å². The summed E-state index contributed by atoms with van der Waals surface area (Å²) in [4.78, 5) is 32.7. The fourth-order valence-corrected chi connectivity index (χ4v) is 4.07. The third-order valence-corrected chi connectivity index (χ3v) is 5.84. The number of hydrogen-bond donors (Lipinski definition) is 0. The molecule has 4 rings (SSSR count). The number of likely N-dealkylation sites (N-methyl/N-ethyl adjacent to an activating group) is 1. The lowest BCUT2D eigenvalue weighted by atomic mass is 10.0. The summed E-state index contributed by atoms with van der Waals surface area (Å²) in [5.74, 6) is 0.275. The molecule has 1 fully saturated rings. The Morgan fingerprint density at radius 2 is 1.53 bits per heavy atom. The number of carbonyl (C=O) groups excluding carboxylic acids is 2. The number of piperazine rings is 1. The normalized spacial score (nSPS) is 17.8.